The number of aliphatic carboxylic acids is 1. The lowest BCUT2D eigenvalue weighted by Gasteiger charge is -2.40. The quantitative estimate of drug-likeness (QED) is 0.668. The Morgan fingerprint density at radius 2 is 2.25 bits per heavy atom. The van der Waals surface area contributed by atoms with Gasteiger partial charge in [-0.05, 0) is 24.7 Å². The van der Waals surface area contributed by atoms with Gasteiger partial charge in [-0.15, -0.1) is 0 Å². The van der Waals surface area contributed by atoms with Crippen LogP contribution >= 0.6 is 0 Å². The molecule has 1 fully saturated rings. The number of carboxylic acids is 1. The Balaban J connectivity index is 2.41. The molecule has 1 rings (SSSR count). The predicted octanol–water partition coefficient (Wildman–Crippen LogP) is 1.23. The zero-order chi connectivity index (χ0) is 9.19. The maximum atomic E-state index is 10.7. The van der Waals surface area contributed by atoms with Crippen LogP contribution in [0.3, 0.4) is 0 Å². The molecule has 1 aliphatic rings. The van der Waals surface area contributed by atoms with Crippen molar-refractivity contribution >= 4 is 5.97 Å². The molecule has 0 heterocycles. The van der Waals surface area contributed by atoms with E-state index in [0.717, 1.165) is 19.3 Å². The third kappa shape index (κ3) is 1.97. The summed E-state index contributed by atoms with van der Waals surface area (Å²) < 4.78 is 0. The summed E-state index contributed by atoms with van der Waals surface area (Å²) in [7, 11) is 0. The Bertz CT molecular complexity index is 175. The molecule has 3 N–H and O–H groups in total. The van der Waals surface area contributed by atoms with Crippen molar-refractivity contribution in [3.63, 3.8) is 0 Å². The van der Waals surface area contributed by atoms with E-state index in [0.29, 0.717) is 0 Å². The summed E-state index contributed by atoms with van der Waals surface area (Å²) in [6.45, 7) is 2.42. The second-order valence-corrected chi connectivity index (χ2v) is 4.14. The summed E-state index contributed by atoms with van der Waals surface area (Å²) in [5.74, 6) is -1.08. The van der Waals surface area contributed by atoms with Crippen LogP contribution in [0.1, 0.15) is 32.6 Å². The van der Waals surface area contributed by atoms with E-state index >= 15 is 0 Å². The molecule has 0 spiro atoms. The Labute approximate surface area is 72.9 Å². The maximum Gasteiger partial charge on any atom is 0.307 e. The van der Waals surface area contributed by atoms with Crippen LogP contribution in [0, 0.1) is 11.3 Å². The fourth-order valence-corrected chi connectivity index (χ4v) is 1.85. The molecule has 0 amide bonds. The smallest absolute Gasteiger partial charge is 0.307 e. The highest BCUT2D eigenvalue weighted by Gasteiger charge is 2.35. The normalized spacial score (nSPS) is 22.8. The zero-order valence-corrected chi connectivity index (χ0v) is 7.55. The zero-order valence-electron chi connectivity index (χ0n) is 7.55. The van der Waals surface area contributed by atoms with Crippen molar-refractivity contribution in [2.75, 3.05) is 6.54 Å². The largest absolute Gasteiger partial charge is 0.481 e. The van der Waals surface area contributed by atoms with E-state index in [1.165, 1.54) is 6.42 Å². The van der Waals surface area contributed by atoms with E-state index in [-0.39, 0.29) is 17.9 Å². The fourth-order valence-electron chi connectivity index (χ4n) is 1.85. The molecule has 0 saturated heterocycles. The molecule has 1 saturated carbocycles. The average molecular weight is 171 g/mol. The molecule has 1 unspecified atom stereocenters. The second kappa shape index (κ2) is 3.44. The molecule has 0 aromatic heterocycles. The van der Waals surface area contributed by atoms with Gasteiger partial charge >= 0.3 is 5.97 Å². The fraction of sp³-hybridized carbons (Fsp3) is 0.889. The number of carboxylic acid groups (broad SMARTS) is 1. The highest BCUT2D eigenvalue weighted by molar-refractivity contribution is 5.70. The van der Waals surface area contributed by atoms with Gasteiger partial charge in [-0.25, -0.2) is 0 Å². The summed E-state index contributed by atoms with van der Waals surface area (Å²) in [5.41, 5.74) is 5.65. The molecular formula is C9H17NO2. The third-order valence-electron chi connectivity index (χ3n) is 2.93. The van der Waals surface area contributed by atoms with Crippen molar-refractivity contribution < 1.29 is 9.90 Å². The molecule has 0 aromatic rings. The van der Waals surface area contributed by atoms with E-state index in [4.69, 9.17) is 10.8 Å². The van der Waals surface area contributed by atoms with Gasteiger partial charge in [-0.3, -0.25) is 4.79 Å². The summed E-state index contributed by atoms with van der Waals surface area (Å²) >= 11 is 0. The molecule has 3 heteroatoms. The molecule has 0 bridgehead atoms. The molecule has 1 aliphatic carbocycles. The van der Waals surface area contributed by atoms with Crippen LogP contribution in [0.15, 0.2) is 0 Å². The minimum atomic E-state index is -0.745. The van der Waals surface area contributed by atoms with Gasteiger partial charge in [0.1, 0.15) is 0 Å². The Kier molecular flexibility index (Phi) is 2.73. The number of rotatable bonds is 4. The number of hydrogen-bond donors (Lipinski definition) is 2. The SMILES string of the molecule is CC1(CC(CN)C(=O)O)CCC1. The molecule has 0 radical (unpaired) electrons. The van der Waals surface area contributed by atoms with Crippen LogP contribution < -0.4 is 5.73 Å². The van der Waals surface area contributed by atoms with Crippen LogP contribution in [-0.2, 0) is 4.79 Å². The van der Waals surface area contributed by atoms with Crippen molar-refractivity contribution in [1.29, 1.82) is 0 Å². The van der Waals surface area contributed by atoms with E-state index in [1.807, 2.05) is 0 Å². The molecule has 12 heavy (non-hydrogen) atoms. The summed E-state index contributed by atoms with van der Waals surface area (Å²) in [6, 6.07) is 0. The molecule has 3 nitrogen and oxygen atoms in total. The lowest BCUT2D eigenvalue weighted by molar-refractivity contribution is -0.143. The molecule has 1 atom stereocenters. The summed E-state index contributed by atoms with van der Waals surface area (Å²) in [4.78, 5) is 10.7. The van der Waals surface area contributed by atoms with Gasteiger partial charge < -0.3 is 10.8 Å². The van der Waals surface area contributed by atoms with Gasteiger partial charge in [0.05, 0.1) is 5.92 Å². The maximum absolute atomic E-state index is 10.7. The monoisotopic (exact) mass is 171 g/mol. The lowest BCUT2D eigenvalue weighted by Crippen LogP contribution is -2.34. The lowest BCUT2D eigenvalue weighted by atomic mass is 9.66. The first-order valence-corrected chi connectivity index (χ1v) is 4.50. The van der Waals surface area contributed by atoms with Crippen molar-refractivity contribution in [3.8, 4) is 0 Å². The van der Waals surface area contributed by atoms with Crippen LogP contribution in [0.25, 0.3) is 0 Å². The highest BCUT2D eigenvalue weighted by Crippen LogP contribution is 2.45. The van der Waals surface area contributed by atoms with Crippen LogP contribution in [-0.4, -0.2) is 17.6 Å². The first kappa shape index (κ1) is 9.52. The van der Waals surface area contributed by atoms with Crippen LogP contribution in [0.5, 0.6) is 0 Å². The number of hydrogen-bond acceptors (Lipinski definition) is 2. The van der Waals surface area contributed by atoms with Crippen molar-refractivity contribution in [3.05, 3.63) is 0 Å². The summed E-state index contributed by atoms with van der Waals surface area (Å²) in [6.07, 6.45) is 4.32. The van der Waals surface area contributed by atoms with E-state index in [1.54, 1.807) is 0 Å². The predicted molar refractivity (Wildman–Crippen MR) is 46.8 cm³/mol. The molecule has 70 valence electrons. The first-order chi connectivity index (χ1) is 5.57. The molecule has 0 aromatic carbocycles. The van der Waals surface area contributed by atoms with Gasteiger partial charge in [0.2, 0.25) is 0 Å². The van der Waals surface area contributed by atoms with Gasteiger partial charge in [0.15, 0.2) is 0 Å². The average Bonchev–Trinajstić information content (AvgIpc) is 1.96. The van der Waals surface area contributed by atoms with E-state index < -0.39 is 5.97 Å². The Morgan fingerprint density at radius 1 is 1.67 bits per heavy atom. The first-order valence-electron chi connectivity index (χ1n) is 4.50. The van der Waals surface area contributed by atoms with E-state index in [9.17, 15) is 4.79 Å². The van der Waals surface area contributed by atoms with Crippen LogP contribution in [0.2, 0.25) is 0 Å². The molecular weight excluding hydrogens is 154 g/mol. The van der Waals surface area contributed by atoms with E-state index in [2.05, 4.69) is 6.92 Å². The second-order valence-electron chi connectivity index (χ2n) is 4.14. The minimum Gasteiger partial charge on any atom is -0.481 e. The van der Waals surface area contributed by atoms with Gasteiger partial charge in [-0.2, -0.15) is 0 Å². The molecule has 0 aliphatic heterocycles. The van der Waals surface area contributed by atoms with Gasteiger partial charge in [-0.1, -0.05) is 13.3 Å². The van der Waals surface area contributed by atoms with Gasteiger partial charge in [0.25, 0.3) is 0 Å². The highest BCUT2D eigenvalue weighted by atomic mass is 16.4. The van der Waals surface area contributed by atoms with Crippen molar-refractivity contribution in [1.82, 2.24) is 0 Å². The number of nitrogens with two attached hydrogens (primary N) is 1. The number of carbonyl (C=O) groups is 1. The van der Waals surface area contributed by atoms with Crippen LogP contribution in [0.4, 0.5) is 0 Å². The topological polar surface area (TPSA) is 63.3 Å². The van der Waals surface area contributed by atoms with Gasteiger partial charge in [0, 0.05) is 6.54 Å². The standard InChI is InChI=1S/C9H17NO2/c1-9(3-2-4-9)5-7(6-10)8(11)12/h7H,2-6,10H2,1H3,(H,11,12). The summed E-state index contributed by atoms with van der Waals surface area (Å²) in [5, 5.41) is 8.78. The van der Waals surface area contributed by atoms with Crippen molar-refractivity contribution in [2.24, 2.45) is 17.1 Å². The van der Waals surface area contributed by atoms with Crippen molar-refractivity contribution in [2.45, 2.75) is 32.6 Å². The Hall–Kier alpha value is -0.570. The Morgan fingerprint density at radius 3 is 2.50 bits per heavy atom. The minimum absolute atomic E-state index is 0.266. The third-order valence-corrected chi connectivity index (χ3v) is 2.93.